The number of rotatable bonds is 6. The van der Waals surface area contributed by atoms with Gasteiger partial charge in [0.1, 0.15) is 0 Å². The molecular formula is C62H40. The van der Waals surface area contributed by atoms with E-state index in [2.05, 4.69) is 243 Å². The summed E-state index contributed by atoms with van der Waals surface area (Å²) in [6, 6.07) is 89.5. The first-order valence-electron chi connectivity index (χ1n) is 21.5. The molecule has 0 unspecified atom stereocenters. The first-order valence-corrected chi connectivity index (χ1v) is 21.5. The molecule has 0 amide bonds. The van der Waals surface area contributed by atoms with Crippen LogP contribution in [-0.2, 0) is 0 Å². The number of hydrogen-bond donors (Lipinski definition) is 0. The molecule has 0 nitrogen and oxygen atoms in total. The molecule has 0 aliphatic heterocycles. The molecule has 12 rings (SSSR count). The Morgan fingerprint density at radius 1 is 0.129 bits per heavy atom. The molecule has 0 heterocycles. The lowest BCUT2D eigenvalue weighted by Crippen LogP contribution is -1.89. The molecule has 0 N–H and O–H groups in total. The van der Waals surface area contributed by atoms with Crippen LogP contribution in [-0.4, -0.2) is 0 Å². The quantitative estimate of drug-likeness (QED) is 0.147. The Morgan fingerprint density at radius 3 is 0.968 bits per heavy atom. The Morgan fingerprint density at radius 2 is 0.435 bits per heavy atom. The van der Waals surface area contributed by atoms with Crippen LogP contribution >= 0.6 is 0 Å². The van der Waals surface area contributed by atoms with E-state index in [1.807, 2.05) is 0 Å². The van der Waals surface area contributed by atoms with Gasteiger partial charge < -0.3 is 0 Å². The van der Waals surface area contributed by atoms with Crippen molar-refractivity contribution in [3.8, 4) is 66.8 Å². The maximum absolute atomic E-state index is 2.39. The van der Waals surface area contributed by atoms with Crippen molar-refractivity contribution in [3.63, 3.8) is 0 Å². The van der Waals surface area contributed by atoms with Gasteiger partial charge in [-0.3, -0.25) is 0 Å². The SMILES string of the molecule is c1ccc(-c2cc(-c3ccccc3)cc(-c3cc(-c4ccccc4)cc(-c4ccc5c(ccc6ccc(-c7ccc8ccc9c%10ccccc%10ccc9c8c7)cc65)c4)c3)c2)cc1. The summed E-state index contributed by atoms with van der Waals surface area (Å²) in [5.41, 5.74) is 14.5. The lowest BCUT2D eigenvalue weighted by molar-refractivity contribution is 1.55. The third kappa shape index (κ3) is 6.42. The van der Waals surface area contributed by atoms with Gasteiger partial charge in [-0.1, -0.05) is 188 Å². The predicted molar refractivity (Wildman–Crippen MR) is 267 cm³/mol. The summed E-state index contributed by atoms with van der Waals surface area (Å²) in [7, 11) is 0. The van der Waals surface area contributed by atoms with Gasteiger partial charge in [-0.2, -0.15) is 0 Å². The molecule has 0 aliphatic rings. The Bertz CT molecular complexity index is 3600. The first kappa shape index (κ1) is 35.8. The Balaban J connectivity index is 0.981. The van der Waals surface area contributed by atoms with Crippen LogP contribution in [0.4, 0.5) is 0 Å². The number of benzene rings is 12. The van der Waals surface area contributed by atoms with Gasteiger partial charge in [-0.15, -0.1) is 0 Å². The molecule has 0 saturated heterocycles. The Kier molecular flexibility index (Phi) is 8.61. The monoisotopic (exact) mass is 784 g/mol. The molecule has 0 aliphatic carbocycles. The average molecular weight is 785 g/mol. The summed E-state index contributed by atoms with van der Waals surface area (Å²) >= 11 is 0. The molecule has 288 valence electrons. The summed E-state index contributed by atoms with van der Waals surface area (Å²) in [5.74, 6) is 0. The summed E-state index contributed by atoms with van der Waals surface area (Å²) in [4.78, 5) is 0. The van der Waals surface area contributed by atoms with Gasteiger partial charge in [0.25, 0.3) is 0 Å². The summed E-state index contributed by atoms with van der Waals surface area (Å²) in [6.45, 7) is 0. The minimum Gasteiger partial charge on any atom is -0.0622 e. The molecule has 0 bridgehead atoms. The highest BCUT2D eigenvalue weighted by atomic mass is 14.2. The van der Waals surface area contributed by atoms with Crippen LogP contribution in [0.25, 0.3) is 121 Å². The van der Waals surface area contributed by atoms with E-state index >= 15 is 0 Å². The van der Waals surface area contributed by atoms with Crippen LogP contribution in [0.1, 0.15) is 0 Å². The molecule has 0 spiro atoms. The standard InChI is InChI=1S/C62H40/c1-4-12-41(13-5-1)51-33-52(42-14-6-2-7-15-42)36-55(35-51)56-37-53(43-16-8-3-9-17-43)34-54(38-56)47-28-29-58-50(32-47)25-22-45-20-23-48(39-61(45)58)49-24-21-46-27-30-59-57-19-11-10-18-44(57)26-31-60(59)62(46)40-49/h1-40H. The van der Waals surface area contributed by atoms with Crippen molar-refractivity contribution in [1.82, 2.24) is 0 Å². The smallest absolute Gasteiger partial charge is 0.00987 e. The van der Waals surface area contributed by atoms with Crippen molar-refractivity contribution in [2.45, 2.75) is 0 Å². The van der Waals surface area contributed by atoms with E-state index in [0.717, 1.165) is 0 Å². The van der Waals surface area contributed by atoms with Gasteiger partial charge in [-0.25, -0.2) is 0 Å². The molecule has 12 aromatic carbocycles. The first-order chi connectivity index (χ1) is 30.7. The largest absolute Gasteiger partial charge is 0.0622 e. The van der Waals surface area contributed by atoms with Gasteiger partial charge in [0, 0.05) is 0 Å². The summed E-state index contributed by atoms with van der Waals surface area (Å²) in [5, 5.41) is 12.7. The van der Waals surface area contributed by atoms with Crippen molar-refractivity contribution in [2.75, 3.05) is 0 Å². The van der Waals surface area contributed by atoms with E-state index < -0.39 is 0 Å². The molecule has 0 saturated carbocycles. The summed E-state index contributed by atoms with van der Waals surface area (Å²) in [6.07, 6.45) is 0. The Hall–Kier alpha value is -8.06. The van der Waals surface area contributed by atoms with Crippen molar-refractivity contribution in [3.05, 3.63) is 243 Å². The van der Waals surface area contributed by atoms with Crippen LogP contribution in [0.2, 0.25) is 0 Å². The summed E-state index contributed by atoms with van der Waals surface area (Å²) < 4.78 is 0. The molecule has 0 aromatic heterocycles. The zero-order chi connectivity index (χ0) is 41.0. The average Bonchev–Trinajstić information content (AvgIpc) is 3.36. The van der Waals surface area contributed by atoms with Gasteiger partial charge in [0.05, 0.1) is 0 Å². The highest BCUT2D eigenvalue weighted by molar-refractivity contribution is 6.18. The molecule has 12 aromatic rings. The third-order valence-corrected chi connectivity index (χ3v) is 12.8. The second kappa shape index (κ2) is 14.9. The highest BCUT2D eigenvalue weighted by Gasteiger charge is 2.14. The topological polar surface area (TPSA) is 0 Å². The van der Waals surface area contributed by atoms with E-state index in [1.165, 1.54) is 121 Å². The fourth-order valence-corrected chi connectivity index (χ4v) is 9.56. The fraction of sp³-hybridized carbons (Fsp3) is 0. The second-order valence-corrected chi connectivity index (χ2v) is 16.5. The predicted octanol–water partition coefficient (Wildman–Crippen LogP) is 17.5. The fourth-order valence-electron chi connectivity index (χ4n) is 9.56. The van der Waals surface area contributed by atoms with Crippen molar-refractivity contribution in [1.29, 1.82) is 0 Å². The maximum Gasteiger partial charge on any atom is -0.00987 e. The van der Waals surface area contributed by atoms with E-state index in [9.17, 15) is 0 Å². The minimum atomic E-state index is 1.19. The van der Waals surface area contributed by atoms with E-state index in [0.29, 0.717) is 0 Å². The van der Waals surface area contributed by atoms with Crippen LogP contribution in [0, 0.1) is 0 Å². The molecule has 0 radical (unpaired) electrons. The third-order valence-electron chi connectivity index (χ3n) is 12.8. The van der Waals surface area contributed by atoms with Gasteiger partial charge in [0.15, 0.2) is 0 Å². The van der Waals surface area contributed by atoms with Gasteiger partial charge in [0.2, 0.25) is 0 Å². The lowest BCUT2D eigenvalue weighted by Gasteiger charge is -2.15. The molecular weight excluding hydrogens is 745 g/mol. The van der Waals surface area contributed by atoms with Crippen molar-refractivity contribution < 1.29 is 0 Å². The lowest BCUT2D eigenvalue weighted by atomic mass is 9.89. The van der Waals surface area contributed by atoms with E-state index in [4.69, 9.17) is 0 Å². The van der Waals surface area contributed by atoms with Crippen LogP contribution < -0.4 is 0 Å². The zero-order valence-electron chi connectivity index (χ0n) is 34.1. The molecule has 0 fully saturated rings. The van der Waals surface area contributed by atoms with Crippen molar-refractivity contribution >= 4 is 53.9 Å². The zero-order valence-corrected chi connectivity index (χ0v) is 34.1. The van der Waals surface area contributed by atoms with Crippen LogP contribution in [0.3, 0.4) is 0 Å². The molecule has 0 heteroatoms. The van der Waals surface area contributed by atoms with Crippen LogP contribution in [0.5, 0.6) is 0 Å². The number of fused-ring (bicyclic) bond motifs is 8. The van der Waals surface area contributed by atoms with Gasteiger partial charge >= 0.3 is 0 Å². The molecule has 0 atom stereocenters. The molecule has 62 heavy (non-hydrogen) atoms. The van der Waals surface area contributed by atoms with Gasteiger partial charge in [-0.05, 0) is 175 Å². The van der Waals surface area contributed by atoms with E-state index in [-0.39, 0.29) is 0 Å². The van der Waals surface area contributed by atoms with Crippen LogP contribution in [0.15, 0.2) is 243 Å². The maximum atomic E-state index is 2.39. The normalized spacial score (nSPS) is 11.5. The second-order valence-electron chi connectivity index (χ2n) is 16.5. The van der Waals surface area contributed by atoms with E-state index in [1.54, 1.807) is 0 Å². The number of hydrogen-bond acceptors (Lipinski definition) is 0. The Labute approximate surface area is 361 Å². The van der Waals surface area contributed by atoms with Crippen molar-refractivity contribution in [2.24, 2.45) is 0 Å². The minimum absolute atomic E-state index is 1.19. The highest BCUT2D eigenvalue weighted by Crippen LogP contribution is 2.40.